The number of rotatable bonds is 3. The van der Waals surface area contributed by atoms with Crippen molar-refractivity contribution in [2.45, 2.75) is 26.2 Å². The van der Waals surface area contributed by atoms with Gasteiger partial charge in [-0.05, 0) is 13.1 Å². The molecular formula is C11H20OSi2. The molecule has 1 aromatic rings. The van der Waals surface area contributed by atoms with E-state index in [0.717, 1.165) is 0 Å². The van der Waals surface area contributed by atoms with Crippen molar-refractivity contribution in [3.8, 4) is 0 Å². The average molecular weight is 224 g/mol. The maximum atomic E-state index is 5.76. The lowest BCUT2D eigenvalue weighted by molar-refractivity contribution is 0.420. The molecule has 1 nitrogen and oxygen atoms in total. The Morgan fingerprint density at radius 2 is 1.43 bits per heavy atom. The van der Waals surface area contributed by atoms with Crippen LogP contribution in [0, 0.1) is 0 Å². The molecule has 0 bridgehead atoms. The molecule has 0 atom stereocenters. The lowest BCUT2D eigenvalue weighted by atomic mass is 10.4. The summed E-state index contributed by atoms with van der Waals surface area (Å²) in [5.41, 5.74) is 0. The molecule has 1 rings (SSSR count). The van der Waals surface area contributed by atoms with Gasteiger partial charge in [0.15, 0.2) is 7.83 Å². The minimum atomic E-state index is -1.51. The van der Waals surface area contributed by atoms with E-state index >= 15 is 0 Å². The molecule has 0 aromatic heterocycles. The van der Waals surface area contributed by atoms with Crippen molar-refractivity contribution in [2.24, 2.45) is 0 Å². The molecule has 0 radical (unpaired) electrons. The lowest BCUT2D eigenvalue weighted by Crippen LogP contribution is -2.64. The van der Waals surface area contributed by atoms with E-state index < -0.39 is 15.4 Å². The second-order valence-electron chi connectivity index (χ2n) is 4.71. The quantitative estimate of drug-likeness (QED) is 0.717. The summed E-state index contributed by atoms with van der Waals surface area (Å²) in [5.74, 6) is 0. The van der Waals surface area contributed by atoms with Gasteiger partial charge in [-0.15, -0.1) is 0 Å². The van der Waals surface area contributed by atoms with Gasteiger partial charge in [0.2, 0.25) is 0 Å². The van der Waals surface area contributed by atoms with E-state index in [1.807, 2.05) is 7.11 Å². The number of hydrogen-bond acceptors (Lipinski definition) is 1. The SMILES string of the molecule is CO[Si](C)(C)[Si](C)(C)c1ccccc1. The van der Waals surface area contributed by atoms with Crippen molar-refractivity contribution in [3.05, 3.63) is 30.3 Å². The standard InChI is InChI=1S/C11H20OSi2/c1-12-14(4,5)13(2,3)11-9-7-6-8-10-11/h6-10H,1-5H3. The van der Waals surface area contributed by atoms with Crippen LogP contribution in [0.3, 0.4) is 0 Å². The summed E-state index contributed by atoms with van der Waals surface area (Å²) in [6.07, 6.45) is 0. The Morgan fingerprint density at radius 1 is 0.929 bits per heavy atom. The third kappa shape index (κ3) is 1.99. The summed E-state index contributed by atoms with van der Waals surface area (Å²) in [7, 11) is -1.03. The zero-order chi connectivity index (χ0) is 10.8. The highest BCUT2D eigenvalue weighted by Gasteiger charge is 2.43. The van der Waals surface area contributed by atoms with E-state index in [4.69, 9.17) is 4.43 Å². The molecule has 0 aliphatic carbocycles. The Kier molecular flexibility index (Phi) is 3.34. The lowest BCUT2D eigenvalue weighted by Gasteiger charge is -2.36. The molecule has 0 fully saturated rings. The van der Waals surface area contributed by atoms with E-state index in [1.165, 1.54) is 5.19 Å². The van der Waals surface area contributed by atoms with Crippen LogP contribution in [0.5, 0.6) is 0 Å². The second kappa shape index (κ2) is 4.00. The smallest absolute Gasteiger partial charge is 0.178 e. The topological polar surface area (TPSA) is 9.23 Å². The van der Waals surface area contributed by atoms with Gasteiger partial charge in [-0.25, -0.2) is 0 Å². The maximum Gasteiger partial charge on any atom is 0.178 e. The van der Waals surface area contributed by atoms with Crippen molar-refractivity contribution in [1.29, 1.82) is 0 Å². The summed E-state index contributed by atoms with van der Waals surface area (Å²) in [5, 5.41) is 1.51. The van der Waals surface area contributed by atoms with Gasteiger partial charge in [0, 0.05) is 7.11 Å². The molecule has 0 saturated heterocycles. The average Bonchev–Trinajstić information content (AvgIpc) is 2.19. The van der Waals surface area contributed by atoms with E-state index in [2.05, 4.69) is 56.5 Å². The highest BCUT2D eigenvalue weighted by atomic mass is 29.3. The highest BCUT2D eigenvalue weighted by Crippen LogP contribution is 2.19. The van der Waals surface area contributed by atoms with Gasteiger partial charge in [-0.3, -0.25) is 0 Å². The highest BCUT2D eigenvalue weighted by molar-refractivity contribution is 7.43. The van der Waals surface area contributed by atoms with Crippen LogP contribution in [-0.2, 0) is 4.43 Å². The van der Waals surface area contributed by atoms with Crippen molar-refractivity contribution in [1.82, 2.24) is 0 Å². The zero-order valence-corrected chi connectivity index (χ0v) is 11.8. The molecule has 0 N–H and O–H groups in total. The molecule has 3 heteroatoms. The van der Waals surface area contributed by atoms with Crippen molar-refractivity contribution in [3.63, 3.8) is 0 Å². The number of hydrogen-bond donors (Lipinski definition) is 0. The van der Waals surface area contributed by atoms with Crippen LogP contribution in [0.2, 0.25) is 26.2 Å². The molecule has 14 heavy (non-hydrogen) atoms. The summed E-state index contributed by atoms with van der Waals surface area (Å²) < 4.78 is 5.76. The molecule has 0 amide bonds. The normalized spacial score (nSPS) is 12.9. The predicted molar refractivity (Wildman–Crippen MR) is 68.0 cm³/mol. The first kappa shape index (κ1) is 11.7. The van der Waals surface area contributed by atoms with Crippen molar-refractivity contribution in [2.75, 3.05) is 7.11 Å². The van der Waals surface area contributed by atoms with Crippen LogP contribution in [0.4, 0.5) is 0 Å². The van der Waals surface area contributed by atoms with Gasteiger partial charge < -0.3 is 4.43 Å². The van der Waals surface area contributed by atoms with Gasteiger partial charge in [-0.2, -0.15) is 0 Å². The Morgan fingerprint density at radius 3 is 1.86 bits per heavy atom. The van der Waals surface area contributed by atoms with Crippen LogP contribution < -0.4 is 5.19 Å². The van der Waals surface area contributed by atoms with Crippen LogP contribution in [0.25, 0.3) is 0 Å². The Balaban J connectivity index is 3.08. The molecule has 0 spiro atoms. The van der Waals surface area contributed by atoms with Gasteiger partial charge in [0.1, 0.15) is 7.59 Å². The van der Waals surface area contributed by atoms with Gasteiger partial charge in [0.05, 0.1) is 0 Å². The third-order valence-corrected chi connectivity index (χ3v) is 19.8. The Bertz CT molecular complexity index is 293. The van der Waals surface area contributed by atoms with Gasteiger partial charge in [-0.1, -0.05) is 48.6 Å². The molecule has 1 aromatic carbocycles. The predicted octanol–water partition coefficient (Wildman–Crippen LogP) is 2.53. The van der Waals surface area contributed by atoms with E-state index in [0.29, 0.717) is 0 Å². The molecule has 0 aliphatic rings. The van der Waals surface area contributed by atoms with Crippen LogP contribution in [0.1, 0.15) is 0 Å². The largest absolute Gasteiger partial charge is 0.423 e. The molecule has 0 unspecified atom stereocenters. The van der Waals surface area contributed by atoms with Gasteiger partial charge >= 0.3 is 0 Å². The summed E-state index contributed by atoms with van der Waals surface area (Å²) in [6.45, 7) is 9.48. The van der Waals surface area contributed by atoms with Crippen molar-refractivity contribution < 1.29 is 4.43 Å². The summed E-state index contributed by atoms with van der Waals surface area (Å²) in [6, 6.07) is 10.8. The summed E-state index contributed by atoms with van der Waals surface area (Å²) in [4.78, 5) is 0. The minimum Gasteiger partial charge on any atom is -0.423 e. The van der Waals surface area contributed by atoms with E-state index in [9.17, 15) is 0 Å². The third-order valence-electron chi connectivity index (χ3n) is 3.51. The van der Waals surface area contributed by atoms with Crippen molar-refractivity contribution >= 4 is 20.6 Å². The fourth-order valence-electron chi connectivity index (χ4n) is 1.46. The first-order chi connectivity index (χ1) is 6.42. The fourth-order valence-corrected chi connectivity index (χ4v) is 7.81. The number of benzene rings is 1. The maximum absolute atomic E-state index is 5.76. The van der Waals surface area contributed by atoms with E-state index in [-0.39, 0.29) is 0 Å². The fraction of sp³-hybridized carbons (Fsp3) is 0.455. The monoisotopic (exact) mass is 224 g/mol. The summed E-state index contributed by atoms with van der Waals surface area (Å²) >= 11 is 0. The van der Waals surface area contributed by atoms with E-state index in [1.54, 1.807) is 0 Å². The second-order valence-corrected chi connectivity index (χ2v) is 19.3. The molecular weight excluding hydrogens is 204 g/mol. The minimum absolute atomic E-state index is 1.39. The molecule has 78 valence electrons. The zero-order valence-electron chi connectivity index (χ0n) is 9.79. The van der Waals surface area contributed by atoms with Crippen LogP contribution >= 0.6 is 0 Å². The first-order valence-electron chi connectivity index (χ1n) is 5.02. The molecule has 0 saturated carbocycles. The Hall–Kier alpha value is -0.386. The molecule has 0 heterocycles. The first-order valence-corrected chi connectivity index (χ1v) is 11.9. The van der Waals surface area contributed by atoms with Crippen LogP contribution in [-0.4, -0.2) is 22.5 Å². The molecule has 0 aliphatic heterocycles. The Labute approximate surface area is 89.0 Å². The van der Waals surface area contributed by atoms with Crippen LogP contribution in [0.15, 0.2) is 30.3 Å². The van der Waals surface area contributed by atoms with Gasteiger partial charge in [0.25, 0.3) is 0 Å².